The molecule has 49 heavy (non-hydrogen) atoms. The van der Waals surface area contributed by atoms with Crippen molar-refractivity contribution in [3.05, 3.63) is 0 Å². The highest BCUT2D eigenvalue weighted by Gasteiger charge is 2.06. The first-order valence-electron chi connectivity index (χ1n) is 21.4. The molecule has 0 amide bonds. The number of hydrogen-bond acceptors (Lipinski definition) is 4. The summed E-state index contributed by atoms with van der Waals surface area (Å²) in [4.78, 5) is 0. The fourth-order valence-corrected chi connectivity index (χ4v) is 6.27. The first-order valence-corrected chi connectivity index (χ1v) is 22.7. The normalized spacial score (nSPS) is 12.0. The van der Waals surface area contributed by atoms with Gasteiger partial charge >= 0.3 is 0 Å². The highest BCUT2D eigenvalue weighted by atomic mass is 32.3. The van der Waals surface area contributed by atoms with Gasteiger partial charge in [-0.3, -0.25) is 8.42 Å². The maximum absolute atomic E-state index is 8.52. The molecular formula is C42H92N2O4S. The fraction of sp³-hybridized carbons (Fsp3) is 1.00. The predicted molar refractivity (Wildman–Crippen MR) is 215 cm³/mol. The molecule has 300 valence electrons. The molecule has 0 saturated carbocycles. The summed E-state index contributed by atoms with van der Waals surface area (Å²) in [5, 5.41) is 0. The van der Waals surface area contributed by atoms with Crippen molar-refractivity contribution >= 4 is 10.4 Å². The second-order valence-electron chi connectivity index (χ2n) is 17.0. The third-order valence-electron chi connectivity index (χ3n) is 9.36. The van der Waals surface area contributed by atoms with Gasteiger partial charge < -0.3 is 18.1 Å². The Kier molecular flexibility index (Phi) is 42.3. The number of rotatable bonds is 34. The topological polar surface area (TPSA) is 80.3 Å². The van der Waals surface area contributed by atoms with Gasteiger partial charge in [0.05, 0.1) is 55.4 Å². The van der Waals surface area contributed by atoms with Gasteiger partial charge in [-0.25, -0.2) is 0 Å². The van der Waals surface area contributed by atoms with Crippen LogP contribution in [0.5, 0.6) is 0 Å². The Labute approximate surface area is 310 Å². The van der Waals surface area contributed by atoms with Gasteiger partial charge in [-0.2, -0.15) is 0 Å². The molecule has 0 aromatic rings. The molecule has 0 aliphatic carbocycles. The zero-order chi connectivity index (χ0) is 37.5. The molecule has 0 spiro atoms. The summed E-state index contributed by atoms with van der Waals surface area (Å²) in [6, 6.07) is 0. The summed E-state index contributed by atoms with van der Waals surface area (Å²) in [5.74, 6) is 0. The Morgan fingerprint density at radius 1 is 0.306 bits per heavy atom. The highest BCUT2D eigenvalue weighted by molar-refractivity contribution is 7.79. The smallest absolute Gasteiger partial charge is 0.0780 e. The quantitative estimate of drug-likeness (QED) is 0.0287. The van der Waals surface area contributed by atoms with Crippen LogP contribution in [0.3, 0.4) is 0 Å². The molecule has 0 rings (SSSR count). The van der Waals surface area contributed by atoms with E-state index in [9.17, 15) is 0 Å². The Bertz CT molecular complexity index is 663. The maximum atomic E-state index is 8.52. The Balaban J connectivity index is -0.000000757. The largest absolute Gasteiger partial charge is 0.759 e. The van der Waals surface area contributed by atoms with Crippen molar-refractivity contribution in [3.63, 3.8) is 0 Å². The van der Waals surface area contributed by atoms with Crippen molar-refractivity contribution in [3.8, 4) is 0 Å². The van der Waals surface area contributed by atoms with Crippen LogP contribution >= 0.6 is 0 Å². The lowest BCUT2D eigenvalue weighted by Gasteiger charge is -2.23. The van der Waals surface area contributed by atoms with E-state index in [4.69, 9.17) is 17.5 Å². The minimum absolute atomic E-state index is 1.12. The minimum atomic E-state index is -5.17. The second-order valence-corrected chi connectivity index (χ2v) is 17.9. The molecule has 0 bridgehead atoms. The van der Waals surface area contributed by atoms with Crippen molar-refractivity contribution in [1.29, 1.82) is 0 Å². The molecule has 7 heteroatoms. The van der Waals surface area contributed by atoms with E-state index in [0.29, 0.717) is 0 Å². The predicted octanol–water partition coefficient (Wildman–Crippen LogP) is 12.6. The third-order valence-corrected chi connectivity index (χ3v) is 9.36. The number of unbranched alkanes of at least 4 members (excludes halogenated alkanes) is 30. The van der Waals surface area contributed by atoms with Gasteiger partial charge in [0.2, 0.25) is 0 Å². The number of quaternary nitrogens is 2. The van der Waals surface area contributed by atoms with Crippen LogP contribution in [0, 0.1) is 0 Å². The summed E-state index contributed by atoms with van der Waals surface area (Å²) in [7, 11) is 8.61. The molecule has 0 aliphatic rings. The molecule has 0 heterocycles. The molecule has 0 N–H and O–H groups in total. The van der Waals surface area contributed by atoms with Crippen LogP contribution in [-0.4, -0.2) is 81.9 Å². The maximum Gasteiger partial charge on any atom is 0.0780 e. The van der Waals surface area contributed by atoms with E-state index in [1.54, 1.807) is 0 Å². The third kappa shape index (κ3) is 70.2. The monoisotopic (exact) mass is 721 g/mol. The van der Waals surface area contributed by atoms with Crippen molar-refractivity contribution in [2.75, 3.05) is 55.4 Å². The lowest BCUT2D eigenvalue weighted by molar-refractivity contribution is -0.870. The van der Waals surface area contributed by atoms with E-state index in [0.717, 1.165) is 8.97 Å². The summed E-state index contributed by atoms with van der Waals surface area (Å²) in [6.45, 7) is 7.26. The summed E-state index contributed by atoms with van der Waals surface area (Å²) in [5.41, 5.74) is 0. The molecular weight excluding hydrogens is 629 g/mol. The first kappa shape index (κ1) is 53.1. The van der Waals surface area contributed by atoms with E-state index >= 15 is 0 Å². The Hall–Kier alpha value is -0.210. The second kappa shape index (κ2) is 39.0. The van der Waals surface area contributed by atoms with Crippen molar-refractivity contribution in [2.24, 2.45) is 0 Å². The summed E-state index contributed by atoms with van der Waals surface area (Å²) < 4.78 is 36.3. The molecule has 0 aliphatic heterocycles. The van der Waals surface area contributed by atoms with Gasteiger partial charge in [0, 0.05) is 10.4 Å². The van der Waals surface area contributed by atoms with E-state index in [1.165, 1.54) is 219 Å². The lowest BCUT2D eigenvalue weighted by Crippen LogP contribution is -2.35. The van der Waals surface area contributed by atoms with Crippen LogP contribution in [0.15, 0.2) is 0 Å². The average molecular weight is 721 g/mol. The first-order chi connectivity index (χ1) is 23.1. The summed E-state index contributed by atoms with van der Waals surface area (Å²) >= 11 is 0. The minimum Gasteiger partial charge on any atom is -0.759 e. The van der Waals surface area contributed by atoms with E-state index in [1.807, 2.05) is 0 Å². The molecule has 0 aromatic heterocycles. The molecule has 0 radical (unpaired) electrons. The van der Waals surface area contributed by atoms with Gasteiger partial charge in [0.15, 0.2) is 0 Å². The highest BCUT2D eigenvalue weighted by Crippen LogP contribution is 2.15. The summed E-state index contributed by atoms with van der Waals surface area (Å²) in [6.07, 6.45) is 46.7. The van der Waals surface area contributed by atoms with Crippen LogP contribution < -0.4 is 0 Å². The fourth-order valence-electron chi connectivity index (χ4n) is 6.27. The lowest BCUT2D eigenvalue weighted by atomic mass is 10.0. The van der Waals surface area contributed by atoms with Gasteiger partial charge in [-0.1, -0.05) is 194 Å². The zero-order valence-electron chi connectivity index (χ0n) is 35.0. The molecule has 0 fully saturated rings. The molecule has 0 saturated heterocycles. The van der Waals surface area contributed by atoms with E-state index < -0.39 is 10.4 Å². The van der Waals surface area contributed by atoms with E-state index in [2.05, 4.69) is 56.1 Å². The van der Waals surface area contributed by atoms with Crippen molar-refractivity contribution in [1.82, 2.24) is 0 Å². The standard InChI is InChI=1S/2C21H46N.H2O4S/c2*1-5-6-7-8-9-10-11-12-13-14-15-16-17-18-19-20-21-22(2,3)4;1-5(2,3)4/h2*5-21H2,1-4H3;(H2,1,2,3,4)/q2*+1;/p-2. The van der Waals surface area contributed by atoms with Crippen LogP contribution in [-0.2, 0) is 10.4 Å². The van der Waals surface area contributed by atoms with Gasteiger partial charge in [-0.15, -0.1) is 0 Å². The molecule has 0 unspecified atom stereocenters. The number of hydrogen-bond donors (Lipinski definition) is 0. The van der Waals surface area contributed by atoms with Gasteiger partial charge in [-0.05, 0) is 25.7 Å². The zero-order valence-corrected chi connectivity index (χ0v) is 35.8. The van der Waals surface area contributed by atoms with Crippen LogP contribution in [0.25, 0.3) is 0 Å². The van der Waals surface area contributed by atoms with Crippen molar-refractivity contribution < 1.29 is 26.5 Å². The molecule has 6 nitrogen and oxygen atoms in total. The van der Waals surface area contributed by atoms with Gasteiger partial charge in [0.25, 0.3) is 0 Å². The van der Waals surface area contributed by atoms with Crippen molar-refractivity contribution in [2.45, 2.75) is 219 Å². The van der Waals surface area contributed by atoms with E-state index in [-0.39, 0.29) is 0 Å². The molecule has 0 atom stereocenters. The molecule has 0 aromatic carbocycles. The average Bonchev–Trinajstić information content (AvgIpc) is 2.99. The van der Waals surface area contributed by atoms with Gasteiger partial charge in [0.1, 0.15) is 0 Å². The Morgan fingerprint density at radius 3 is 0.551 bits per heavy atom. The Morgan fingerprint density at radius 2 is 0.429 bits per heavy atom. The van der Waals surface area contributed by atoms with Crippen LogP contribution in [0.1, 0.15) is 219 Å². The number of nitrogens with zero attached hydrogens (tertiary/aromatic N) is 2. The SMILES string of the molecule is CCCCCCCCCCCCCCCCCC[N+](C)(C)C.CCCCCCCCCCCCCCCCCC[N+](C)(C)C.O=S(=O)([O-])[O-]. The van der Waals surface area contributed by atoms with Crippen LogP contribution in [0.4, 0.5) is 0 Å². The van der Waals surface area contributed by atoms with Crippen LogP contribution in [0.2, 0.25) is 0 Å².